The summed E-state index contributed by atoms with van der Waals surface area (Å²) in [4.78, 5) is 47.6. The Labute approximate surface area is 121 Å². The molecule has 3 N–H and O–H groups in total. The lowest BCUT2D eigenvalue weighted by molar-refractivity contribution is -0.141. The van der Waals surface area contributed by atoms with Gasteiger partial charge in [0.05, 0.1) is 0 Å². The van der Waals surface area contributed by atoms with Crippen LogP contribution in [0.4, 0.5) is 4.79 Å². The van der Waals surface area contributed by atoms with E-state index >= 15 is 0 Å². The number of amides is 4. The van der Waals surface area contributed by atoms with E-state index in [0.29, 0.717) is 12.8 Å². The van der Waals surface area contributed by atoms with Crippen molar-refractivity contribution in [1.29, 1.82) is 0 Å². The maximum atomic E-state index is 12.4. The van der Waals surface area contributed by atoms with Crippen molar-refractivity contribution in [2.24, 2.45) is 0 Å². The van der Waals surface area contributed by atoms with Crippen LogP contribution in [0.2, 0.25) is 0 Å². The van der Waals surface area contributed by atoms with Gasteiger partial charge in [0.2, 0.25) is 5.91 Å². The van der Waals surface area contributed by atoms with E-state index in [1.807, 2.05) is 0 Å². The molecule has 0 aromatic heterocycles. The molecule has 0 aromatic carbocycles. The number of carboxylic acids is 1. The van der Waals surface area contributed by atoms with Crippen LogP contribution >= 0.6 is 0 Å². The molecule has 0 unspecified atom stereocenters. The Morgan fingerprint density at radius 1 is 1.33 bits per heavy atom. The zero-order valence-electron chi connectivity index (χ0n) is 11.8. The van der Waals surface area contributed by atoms with Gasteiger partial charge in [0.1, 0.15) is 18.1 Å². The third kappa shape index (κ3) is 2.98. The molecule has 116 valence electrons. The predicted molar refractivity (Wildman–Crippen MR) is 71.3 cm³/mol. The molecule has 4 amide bonds. The first-order valence-corrected chi connectivity index (χ1v) is 7.02. The summed E-state index contributed by atoms with van der Waals surface area (Å²) in [6.45, 7) is 0.860. The molecule has 1 heterocycles. The molecule has 8 nitrogen and oxygen atoms in total. The van der Waals surface area contributed by atoms with Crippen LogP contribution in [-0.4, -0.2) is 51.9 Å². The lowest BCUT2D eigenvalue weighted by atomic mass is 9.82. The molecule has 2 aliphatic rings. The van der Waals surface area contributed by atoms with E-state index in [-0.39, 0.29) is 5.91 Å². The molecule has 1 saturated heterocycles. The third-order valence-corrected chi connectivity index (χ3v) is 4.00. The van der Waals surface area contributed by atoms with Gasteiger partial charge >= 0.3 is 12.0 Å². The van der Waals surface area contributed by atoms with Crippen LogP contribution in [0, 0.1) is 0 Å². The van der Waals surface area contributed by atoms with Gasteiger partial charge < -0.3 is 15.7 Å². The topological polar surface area (TPSA) is 116 Å². The minimum atomic E-state index is -1.18. The van der Waals surface area contributed by atoms with Gasteiger partial charge in [0.15, 0.2) is 0 Å². The summed E-state index contributed by atoms with van der Waals surface area (Å²) < 4.78 is 0. The molecule has 1 spiro atoms. The second-order valence-corrected chi connectivity index (χ2v) is 5.59. The predicted octanol–water partition coefficient (Wildman–Crippen LogP) is -0.170. The van der Waals surface area contributed by atoms with Gasteiger partial charge in [-0.05, 0) is 19.8 Å². The molecule has 21 heavy (non-hydrogen) atoms. The molecule has 2 fully saturated rings. The number of hydrogen-bond acceptors (Lipinski definition) is 4. The van der Waals surface area contributed by atoms with Crippen LogP contribution in [-0.2, 0) is 14.4 Å². The number of hydrogen-bond donors (Lipinski definition) is 3. The van der Waals surface area contributed by atoms with E-state index in [9.17, 15) is 19.2 Å². The number of aliphatic carboxylic acids is 1. The summed E-state index contributed by atoms with van der Waals surface area (Å²) in [5.41, 5.74) is -0.867. The lowest BCUT2D eigenvalue weighted by Gasteiger charge is -2.30. The summed E-state index contributed by atoms with van der Waals surface area (Å²) in [6.07, 6.45) is 3.92. The molecule has 0 bridgehead atoms. The maximum Gasteiger partial charge on any atom is 0.325 e. The van der Waals surface area contributed by atoms with Crippen molar-refractivity contribution in [2.45, 2.75) is 50.6 Å². The maximum absolute atomic E-state index is 12.4. The average molecular weight is 297 g/mol. The van der Waals surface area contributed by atoms with Gasteiger partial charge in [-0.1, -0.05) is 19.3 Å². The Kier molecular flexibility index (Phi) is 4.15. The molecular weight excluding hydrogens is 278 g/mol. The SMILES string of the molecule is C[C@H](NC(=O)CN1C(=O)NC2(CCCCC2)C1=O)C(=O)O. The molecule has 8 heteroatoms. The fourth-order valence-electron chi connectivity index (χ4n) is 2.81. The van der Waals surface area contributed by atoms with Crippen molar-refractivity contribution in [2.75, 3.05) is 6.54 Å². The molecule has 1 aliphatic carbocycles. The van der Waals surface area contributed by atoms with Gasteiger partial charge in [-0.15, -0.1) is 0 Å². The molecule has 1 atom stereocenters. The van der Waals surface area contributed by atoms with Crippen LogP contribution in [0.25, 0.3) is 0 Å². The second-order valence-electron chi connectivity index (χ2n) is 5.59. The summed E-state index contributed by atoms with van der Waals surface area (Å²) in [5.74, 6) is -2.23. The Balaban J connectivity index is 2.00. The number of nitrogens with one attached hydrogen (secondary N) is 2. The average Bonchev–Trinajstić information content (AvgIpc) is 2.64. The highest BCUT2D eigenvalue weighted by molar-refractivity contribution is 6.09. The van der Waals surface area contributed by atoms with Crippen molar-refractivity contribution in [1.82, 2.24) is 15.5 Å². The molecule has 1 saturated carbocycles. The third-order valence-electron chi connectivity index (χ3n) is 4.00. The quantitative estimate of drug-likeness (QED) is 0.623. The highest BCUT2D eigenvalue weighted by atomic mass is 16.4. The number of imide groups is 1. The Bertz CT molecular complexity index is 484. The van der Waals surface area contributed by atoms with Crippen molar-refractivity contribution in [3.05, 3.63) is 0 Å². The Morgan fingerprint density at radius 2 is 1.95 bits per heavy atom. The summed E-state index contributed by atoms with van der Waals surface area (Å²) in [5, 5.41) is 13.6. The monoisotopic (exact) mass is 297 g/mol. The van der Waals surface area contributed by atoms with Gasteiger partial charge in [0, 0.05) is 0 Å². The largest absolute Gasteiger partial charge is 0.480 e. The van der Waals surface area contributed by atoms with Crippen LogP contribution in [0.1, 0.15) is 39.0 Å². The van der Waals surface area contributed by atoms with Crippen molar-refractivity contribution >= 4 is 23.8 Å². The molecule has 0 radical (unpaired) electrons. The highest BCUT2D eigenvalue weighted by Gasteiger charge is 2.51. The number of nitrogens with zero attached hydrogens (tertiary/aromatic N) is 1. The van der Waals surface area contributed by atoms with E-state index in [1.54, 1.807) is 0 Å². The molecule has 0 aromatic rings. The van der Waals surface area contributed by atoms with Crippen LogP contribution in [0.5, 0.6) is 0 Å². The van der Waals surface area contributed by atoms with Crippen molar-refractivity contribution < 1.29 is 24.3 Å². The fourth-order valence-corrected chi connectivity index (χ4v) is 2.81. The van der Waals surface area contributed by atoms with Crippen LogP contribution < -0.4 is 10.6 Å². The lowest BCUT2D eigenvalue weighted by Crippen LogP contribution is -2.49. The van der Waals surface area contributed by atoms with Crippen LogP contribution in [0.15, 0.2) is 0 Å². The van der Waals surface area contributed by atoms with E-state index in [0.717, 1.165) is 24.2 Å². The number of carbonyl (C=O) groups is 4. The van der Waals surface area contributed by atoms with E-state index in [4.69, 9.17) is 5.11 Å². The summed E-state index contributed by atoms with van der Waals surface area (Å²) in [7, 11) is 0. The number of rotatable bonds is 4. The van der Waals surface area contributed by atoms with Gasteiger partial charge in [-0.3, -0.25) is 19.3 Å². The first-order chi connectivity index (χ1) is 9.85. The van der Waals surface area contributed by atoms with Gasteiger partial charge in [-0.25, -0.2) is 4.79 Å². The Hall–Kier alpha value is -2.12. The summed E-state index contributed by atoms with van der Waals surface area (Å²) in [6, 6.07) is -1.65. The number of urea groups is 1. The zero-order valence-corrected chi connectivity index (χ0v) is 11.8. The number of carbonyl (C=O) groups excluding carboxylic acids is 3. The number of carboxylic acid groups (broad SMARTS) is 1. The summed E-state index contributed by atoms with van der Waals surface area (Å²) >= 11 is 0. The van der Waals surface area contributed by atoms with E-state index in [2.05, 4.69) is 10.6 Å². The zero-order chi connectivity index (χ0) is 15.6. The van der Waals surface area contributed by atoms with Crippen LogP contribution in [0.3, 0.4) is 0 Å². The van der Waals surface area contributed by atoms with Gasteiger partial charge in [-0.2, -0.15) is 0 Å². The minimum Gasteiger partial charge on any atom is -0.480 e. The first-order valence-electron chi connectivity index (χ1n) is 7.02. The van der Waals surface area contributed by atoms with E-state index < -0.39 is 36.0 Å². The van der Waals surface area contributed by atoms with Crippen molar-refractivity contribution in [3.63, 3.8) is 0 Å². The standard InChI is InChI=1S/C13H19N3O5/c1-8(10(18)19)14-9(17)7-16-11(20)13(15-12(16)21)5-3-2-4-6-13/h8H,2-7H2,1H3,(H,14,17)(H,15,21)(H,18,19)/t8-/m0/s1. The molecular formula is C13H19N3O5. The highest BCUT2D eigenvalue weighted by Crippen LogP contribution is 2.33. The van der Waals surface area contributed by atoms with Crippen molar-refractivity contribution in [3.8, 4) is 0 Å². The molecule has 1 aliphatic heterocycles. The Morgan fingerprint density at radius 3 is 2.52 bits per heavy atom. The first kappa shape index (κ1) is 15.3. The van der Waals surface area contributed by atoms with Gasteiger partial charge in [0.25, 0.3) is 5.91 Å². The second kappa shape index (κ2) is 5.71. The minimum absolute atomic E-state index is 0.384. The smallest absolute Gasteiger partial charge is 0.325 e. The normalized spacial score (nSPS) is 22.0. The fraction of sp³-hybridized carbons (Fsp3) is 0.692. The van der Waals surface area contributed by atoms with E-state index in [1.165, 1.54) is 6.92 Å². The molecule has 2 rings (SSSR count).